The summed E-state index contributed by atoms with van der Waals surface area (Å²) in [6.45, 7) is 0. The third-order valence-corrected chi connectivity index (χ3v) is 3.89. The van der Waals surface area contributed by atoms with Crippen molar-refractivity contribution in [3.8, 4) is 5.75 Å². The Balaban J connectivity index is 1.96. The van der Waals surface area contributed by atoms with Crippen molar-refractivity contribution in [1.29, 1.82) is 0 Å². The molecule has 0 aliphatic carbocycles. The predicted molar refractivity (Wildman–Crippen MR) is 90.1 cm³/mol. The minimum atomic E-state index is -4.62. The molecule has 0 radical (unpaired) electrons. The summed E-state index contributed by atoms with van der Waals surface area (Å²) in [4.78, 5) is 35.7. The molecule has 1 aliphatic heterocycles. The van der Waals surface area contributed by atoms with Gasteiger partial charge in [-0.05, 0) is 42.0 Å². The Kier molecular flexibility index (Phi) is 4.55. The first kappa shape index (κ1) is 19.0. The van der Waals surface area contributed by atoms with Gasteiger partial charge in [0.1, 0.15) is 16.9 Å². The number of anilines is 1. The molecule has 0 atom stereocenters. The van der Waals surface area contributed by atoms with E-state index in [9.17, 15) is 32.7 Å². The van der Waals surface area contributed by atoms with Gasteiger partial charge in [0.25, 0.3) is 11.8 Å². The summed E-state index contributed by atoms with van der Waals surface area (Å²) in [6.07, 6.45) is -3.54. The molecule has 2 aromatic carbocycles. The van der Waals surface area contributed by atoms with Gasteiger partial charge in [0.05, 0.1) is 11.3 Å². The van der Waals surface area contributed by atoms with Crippen LogP contribution in [0, 0.1) is 0 Å². The SMILES string of the molecule is O=C1NN(c2cccc(C(F)(F)F)c2)C(=O)/C1=C\c1ccc(O)c(C(=O)O)c1. The van der Waals surface area contributed by atoms with E-state index < -0.39 is 46.4 Å². The topological polar surface area (TPSA) is 107 Å². The summed E-state index contributed by atoms with van der Waals surface area (Å²) in [6, 6.07) is 7.27. The average Bonchev–Trinajstić information content (AvgIpc) is 2.90. The maximum Gasteiger partial charge on any atom is 0.416 e. The van der Waals surface area contributed by atoms with Crippen molar-refractivity contribution < 1.29 is 37.8 Å². The third-order valence-electron chi connectivity index (χ3n) is 3.89. The maximum atomic E-state index is 12.9. The number of nitrogens with one attached hydrogen (secondary N) is 1. The molecule has 1 saturated heterocycles. The van der Waals surface area contributed by atoms with E-state index >= 15 is 0 Å². The summed E-state index contributed by atoms with van der Waals surface area (Å²) >= 11 is 0. The van der Waals surface area contributed by atoms with E-state index in [4.69, 9.17) is 5.11 Å². The van der Waals surface area contributed by atoms with Crippen LogP contribution in [0.3, 0.4) is 0 Å². The highest BCUT2D eigenvalue weighted by atomic mass is 19.4. The first-order valence-corrected chi connectivity index (χ1v) is 7.68. The lowest BCUT2D eigenvalue weighted by Crippen LogP contribution is -2.35. The van der Waals surface area contributed by atoms with Crippen molar-refractivity contribution in [2.75, 3.05) is 5.01 Å². The fourth-order valence-corrected chi connectivity index (χ4v) is 2.54. The summed E-state index contributed by atoms with van der Waals surface area (Å²) < 4.78 is 38.6. The standard InChI is InChI=1S/C18H11F3N2O5/c19-18(20,21)10-2-1-3-11(8-10)23-16(26)13(15(25)22-23)7-9-4-5-14(24)12(6-9)17(27)28/h1-8,24H,(H,22,25)(H,27,28)/b13-7-. The van der Waals surface area contributed by atoms with Gasteiger partial charge in [0, 0.05) is 0 Å². The number of hydrazine groups is 1. The summed E-state index contributed by atoms with van der Waals surface area (Å²) in [5.74, 6) is -3.69. The van der Waals surface area contributed by atoms with Gasteiger partial charge >= 0.3 is 12.1 Å². The molecule has 3 N–H and O–H groups in total. The number of aromatic hydroxyl groups is 1. The predicted octanol–water partition coefficient (Wildman–Crippen LogP) is 2.57. The van der Waals surface area contributed by atoms with Gasteiger partial charge in [-0.2, -0.15) is 13.2 Å². The first-order chi connectivity index (χ1) is 13.1. The van der Waals surface area contributed by atoms with Crippen LogP contribution >= 0.6 is 0 Å². The lowest BCUT2D eigenvalue weighted by Gasteiger charge is -2.16. The van der Waals surface area contributed by atoms with Crippen molar-refractivity contribution >= 4 is 29.5 Å². The van der Waals surface area contributed by atoms with Gasteiger partial charge in [-0.15, -0.1) is 0 Å². The lowest BCUT2D eigenvalue weighted by atomic mass is 10.1. The molecule has 0 unspecified atom stereocenters. The number of hydrogen-bond donors (Lipinski definition) is 3. The molecular formula is C18H11F3N2O5. The molecule has 1 fully saturated rings. The molecule has 2 aromatic rings. The first-order valence-electron chi connectivity index (χ1n) is 7.68. The Morgan fingerprint density at radius 1 is 1.11 bits per heavy atom. The molecule has 10 heteroatoms. The highest BCUT2D eigenvalue weighted by molar-refractivity contribution is 6.31. The zero-order valence-corrected chi connectivity index (χ0v) is 13.8. The van der Waals surface area contributed by atoms with Crippen LogP contribution in [0.4, 0.5) is 18.9 Å². The van der Waals surface area contributed by atoms with Crippen molar-refractivity contribution in [3.05, 3.63) is 64.7 Å². The maximum absolute atomic E-state index is 12.9. The molecule has 28 heavy (non-hydrogen) atoms. The minimum absolute atomic E-state index is 0.139. The Labute approximate surface area is 155 Å². The van der Waals surface area contributed by atoms with Gasteiger partial charge in [-0.1, -0.05) is 12.1 Å². The smallest absolute Gasteiger partial charge is 0.416 e. The fraction of sp³-hybridized carbons (Fsp3) is 0.0556. The van der Waals surface area contributed by atoms with E-state index in [1.54, 1.807) is 0 Å². The summed E-state index contributed by atoms with van der Waals surface area (Å²) in [5.41, 5.74) is 0.283. The Bertz CT molecular complexity index is 1030. The monoisotopic (exact) mass is 392 g/mol. The number of carboxylic acids is 1. The zero-order chi connectivity index (χ0) is 20.6. The average molecular weight is 392 g/mol. The summed E-state index contributed by atoms with van der Waals surface area (Å²) in [5, 5.41) is 19.2. The second-order valence-electron chi connectivity index (χ2n) is 5.77. The molecular weight excluding hydrogens is 381 g/mol. The number of halogens is 3. The second-order valence-corrected chi connectivity index (χ2v) is 5.77. The van der Waals surface area contributed by atoms with Gasteiger partial charge < -0.3 is 10.2 Å². The number of nitrogens with zero attached hydrogens (tertiary/aromatic N) is 1. The van der Waals surface area contributed by atoms with Gasteiger partial charge in [0.2, 0.25) is 0 Å². The van der Waals surface area contributed by atoms with Crippen LogP contribution in [0.1, 0.15) is 21.5 Å². The van der Waals surface area contributed by atoms with Crippen LogP contribution in [0.2, 0.25) is 0 Å². The van der Waals surface area contributed by atoms with Crippen molar-refractivity contribution in [2.45, 2.75) is 6.18 Å². The van der Waals surface area contributed by atoms with Crippen LogP contribution in [0.5, 0.6) is 5.75 Å². The molecule has 1 heterocycles. The molecule has 1 aliphatic rings. The van der Waals surface area contributed by atoms with E-state index in [1.807, 2.05) is 0 Å². The number of rotatable bonds is 3. The number of alkyl halides is 3. The highest BCUT2D eigenvalue weighted by Crippen LogP contribution is 2.32. The molecule has 0 bridgehead atoms. The molecule has 0 spiro atoms. The molecule has 2 amide bonds. The molecule has 0 saturated carbocycles. The van der Waals surface area contributed by atoms with Crippen LogP contribution in [-0.4, -0.2) is 28.0 Å². The van der Waals surface area contributed by atoms with Crippen LogP contribution in [0.15, 0.2) is 48.0 Å². The third kappa shape index (κ3) is 3.52. The number of carbonyl (C=O) groups is 3. The number of benzene rings is 2. The van der Waals surface area contributed by atoms with Crippen LogP contribution in [0.25, 0.3) is 6.08 Å². The quantitative estimate of drug-likeness (QED) is 0.550. The lowest BCUT2D eigenvalue weighted by molar-refractivity contribution is -0.137. The van der Waals surface area contributed by atoms with Crippen LogP contribution in [-0.2, 0) is 15.8 Å². The van der Waals surface area contributed by atoms with Gasteiger partial charge in [0.15, 0.2) is 0 Å². The highest BCUT2D eigenvalue weighted by Gasteiger charge is 2.36. The van der Waals surface area contributed by atoms with E-state index in [-0.39, 0.29) is 11.3 Å². The largest absolute Gasteiger partial charge is 0.507 e. The number of carbonyl (C=O) groups excluding carboxylic acids is 2. The van der Waals surface area contributed by atoms with Gasteiger partial charge in [-0.25, -0.2) is 9.80 Å². The number of amides is 2. The minimum Gasteiger partial charge on any atom is -0.507 e. The van der Waals surface area contributed by atoms with E-state index in [0.717, 1.165) is 30.3 Å². The van der Waals surface area contributed by atoms with E-state index in [0.29, 0.717) is 11.1 Å². The normalized spacial score (nSPS) is 15.8. The number of carboxylic acid groups (broad SMARTS) is 1. The van der Waals surface area contributed by atoms with Gasteiger partial charge in [-0.3, -0.25) is 15.0 Å². The van der Waals surface area contributed by atoms with Crippen molar-refractivity contribution in [3.63, 3.8) is 0 Å². The van der Waals surface area contributed by atoms with E-state index in [1.165, 1.54) is 12.1 Å². The fourth-order valence-electron chi connectivity index (χ4n) is 2.54. The molecule has 3 rings (SSSR count). The van der Waals surface area contributed by atoms with Crippen molar-refractivity contribution in [2.24, 2.45) is 0 Å². The molecule has 144 valence electrons. The molecule has 7 nitrogen and oxygen atoms in total. The number of phenols is 1. The number of hydrogen-bond acceptors (Lipinski definition) is 4. The zero-order valence-electron chi connectivity index (χ0n) is 13.8. The van der Waals surface area contributed by atoms with Crippen molar-refractivity contribution in [1.82, 2.24) is 5.43 Å². The molecule has 0 aromatic heterocycles. The Hall–Kier alpha value is -3.82. The van der Waals surface area contributed by atoms with E-state index in [2.05, 4.69) is 5.43 Å². The Morgan fingerprint density at radius 3 is 2.46 bits per heavy atom. The van der Waals surface area contributed by atoms with Crippen LogP contribution < -0.4 is 10.4 Å². The summed E-state index contributed by atoms with van der Waals surface area (Å²) in [7, 11) is 0. The second kappa shape index (κ2) is 6.72. The number of aromatic carboxylic acids is 1. The Morgan fingerprint density at radius 2 is 1.82 bits per heavy atom.